The maximum atomic E-state index is 12.6. The summed E-state index contributed by atoms with van der Waals surface area (Å²) in [5, 5.41) is 0.471. The van der Waals surface area contributed by atoms with Crippen molar-refractivity contribution in [2.75, 3.05) is 19.0 Å². The Morgan fingerprint density at radius 2 is 1.80 bits per heavy atom. The first kappa shape index (κ1) is 21.9. The Hall–Kier alpha value is -2.79. The van der Waals surface area contributed by atoms with Crippen molar-refractivity contribution in [1.82, 2.24) is 15.2 Å². The van der Waals surface area contributed by atoms with Gasteiger partial charge in [-0.15, -0.1) is 0 Å². The lowest BCUT2D eigenvalue weighted by atomic mass is 10.2. The van der Waals surface area contributed by atoms with Crippen LogP contribution in [0.4, 0.5) is 5.69 Å². The van der Waals surface area contributed by atoms with Crippen LogP contribution in [0, 0.1) is 0 Å². The van der Waals surface area contributed by atoms with Gasteiger partial charge in [0.15, 0.2) is 0 Å². The molecular weight excluding hydrogens is 432 g/mol. The molecule has 0 bridgehead atoms. The predicted molar refractivity (Wildman–Crippen MR) is 110 cm³/mol. The quantitative estimate of drug-likeness (QED) is 0.504. The molecule has 158 valence electrons. The fraction of sp³-hybridized carbons (Fsp3) is 0.211. The molecule has 0 aliphatic carbocycles. The molecule has 11 heteroatoms. The van der Waals surface area contributed by atoms with Gasteiger partial charge in [-0.2, -0.15) is 0 Å². The highest BCUT2D eigenvalue weighted by Crippen LogP contribution is 2.24. The van der Waals surface area contributed by atoms with Crippen LogP contribution >= 0.6 is 11.6 Å². The van der Waals surface area contributed by atoms with Crippen molar-refractivity contribution in [3.8, 4) is 0 Å². The van der Waals surface area contributed by atoms with Gasteiger partial charge in [0.1, 0.15) is 6.04 Å². The minimum Gasteiger partial charge on any atom is -0.287 e. The highest BCUT2D eigenvalue weighted by molar-refractivity contribution is 7.89. The van der Waals surface area contributed by atoms with Gasteiger partial charge >= 0.3 is 0 Å². The summed E-state index contributed by atoms with van der Waals surface area (Å²) >= 11 is 5.83. The summed E-state index contributed by atoms with van der Waals surface area (Å²) in [6.45, 7) is 0. The molecule has 1 atom stereocenters. The average Bonchev–Trinajstić information content (AvgIpc) is 3.00. The van der Waals surface area contributed by atoms with Crippen LogP contribution in [0.15, 0.2) is 53.4 Å². The Kier molecular flexibility index (Phi) is 6.22. The van der Waals surface area contributed by atoms with E-state index in [1.54, 1.807) is 24.3 Å². The van der Waals surface area contributed by atoms with Gasteiger partial charge in [0, 0.05) is 24.7 Å². The highest BCUT2D eigenvalue weighted by atomic mass is 35.5. The van der Waals surface area contributed by atoms with Crippen LogP contribution in [0.5, 0.6) is 0 Å². The van der Waals surface area contributed by atoms with Crippen LogP contribution in [0.25, 0.3) is 0 Å². The minimum atomic E-state index is -3.70. The highest BCUT2D eigenvalue weighted by Gasteiger charge is 2.39. The first-order valence-electron chi connectivity index (χ1n) is 8.82. The topological polar surface area (TPSA) is 116 Å². The van der Waals surface area contributed by atoms with Crippen LogP contribution < -0.4 is 15.8 Å². The van der Waals surface area contributed by atoms with E-state index in [1.807, 2.05) is 0 Å². The number of halogens is 1. The Balaban J connectivity index is 1.69. The lowest BCUT2D eigenvalue weighted by Crippen LogP contribution is -2.48. The number of carbonyl (C=O) groups is 3. The molecule has 1 aliphatic rings. The molecule has 3 rings (SSSR count). The first-order valence-corrected chi connectivity index (χ1v) is 10.6. The molecule has 0 saturated carbocycles. The molecule has 0 spiro atoms. The van der Waals surface area contributed by atoms with Crippen molar-refractivity contribution >= 4 is 45.0 Å². The van der Waals surface area contributed by atoms with Crippen molar-refractivity contribution in [3.63, 3.8) is 0 Å². The molecular formula is C19H19ClN4O5S. The molecule has 9 nitrogen and oxygen atoms in total. The van der Waals surface area contributed by atoms with Crippen molar-refractivity contribution in [3.05, 3.63) is 59.1 Å². The third-order valence-electron chi connectivity index (χ3n) is 4.47. The van der Waals surface area contributed by atoms with Crippen LogP contribution in [0.2, 0.25) is 5.02 Å². The van der Waals surface area contributed by atoms with Crippen LogP contribution in [-0.2, 0) is 19.6 Å². The Labute approximate surface area is 178 Å². The summed E-state index contributed by atoms with van der Waals surface area (Å²) in [6, 6.07) is 10.8. The summed E-state index contributed by atoms with van der Waals surface area (Å²) < 4.78 is 25.5. The molecule has 0 radical (unpaired) electrons. The summed E-state index contributed by atoms with van der Waals surface area (Å²) in [4.78, 5) is 38.2. The molecule has 2 aromatic carbocycles. The molecule has 1 saturated heterocycles. The zero-order chi connectivity index (χ0) is 22.1. The standard InChI is InChI=1S/C19H19ClN4O5S/c1-23(2)30(28,29)15-5-3-4-12(10-15)18(26)22-21-16-11-17(25)24(19(16)27)14-8-6-13(20)7-9-14/h3-10,16,21H,11H2,1-2H3,(H,22,26)/t16-/m0/s1. The summed E-state index contributed by atoms with van der Waals surface area (Å²) in [5.74, 6) is -1.59. The van der Waals surface area contributed by atoms with E-state index >= 15 is 0 Å². The molecule has 3 amide bonds. The maximum Gasteiger partial charge on any atom is 0.265 e. The number of hydrazine groups is 1. The fourth-order valence-corrected chi connectivity index (χ4v) is 3.91. The van der Waals surface area contributed by atoms with E-state index in [0.29, 0.717) is 10.7 Å². The molecule has 2 aromatic rings. The van der Waals surface area contributed by atoms with Gasteiger partial charge < -0.3 is 0 Å². The Morgan fingerprint density at radius 3 is 2.43 bits per heavy atom. The van der Waals surface area contributed by atoms with E-state index in [9.17, 15) is 22.8 Å². The molecule has 2 N–H and O–H groups in total. The molecule has 0 unspecified atom stereocenters. The number of rotatable bonds is 6. The van der Waals surface area contributed by atoms with E-state index in [2.05, 4.69) is 10.9 Å². The number of carbonyl (C=O) groups excluding carboxylic acids is 3. The van der Waals surface area contributed by atoms with E-state index in [-0.39, 0.29) is 16.9 Å². The molecule has 1 fully saturated rings. The van der Waals surface area contributed by atoms with Gasteiger partial charge in [-0.3, -0.25) is 19.8 Å². The van der Waals surface area contributed by atoms with Gasteiger partial charge in [-0.25, -0.2) is 23.0 Å². The smallest absolute Gasteiger partial charge is 0.265 e. The van der Waals surface area contributed by atoms with E-state index in [4.69, 9.17) is 11.6 Å². The van der Waals surface area contributed by atoms with E-state index < -0.39 is 33.8 Å². The fourth-order valence-electron chi connectivity index (χ4n) is 2.84. The molecule has 1 aliphatic heterocycles. The summed E-state index contributed by atoms with van der Waals surface area (Å²) in [7, 11) is -0.927. The van der Waals surface area contributed by atoms with Crippen molar-refractivity contribution in [2.24, 2.45) is 0 Å². The minimum absolute atomic E-state index is 0.0406. The Morgan fingerprint density at radius 1 is 1.13 bits per heavy atom. The third-order valence-corrected chi connectivity index (χ3v) is 6.53. The molecule has 1 heterocycles. The van der Waals surface area contributed by atoms with Gasteiger partial charge in [-0.05, 0) is 42.5 Å². The average molecular weight is 451 g/mol. The second-order valence-corrected chi connectivity index (χ2v) is 9.30. The molecule has 30 heavy (non-hydrogen) atoms. The van der Waals surface area contributed by atoms with Crippen molar-refractivity contribution in [1.29, 1.82) is 0 Å². The number of imide groups is 1. The van der Waals surface area contributed by atoms with Crippen LogP contribution in [0.3, 0.4) is 0 Å². The maximum absolute atomic E-state index is 12.6. The van der Waals surface area contributed by atoms with Gasteiger partial charge in [0.05, 0.1) is 17.0 Å². The van der Waals surface area contributed by atoms with Crippen molar-refractivity contribution < 1.29 is 22.8 Å². The number of hydrogen-bond donors (Lipinski definition) is 2. The summed E-state index contributed by atoms with van der Waals surface area (Å²) in [5.41, 5.74) is 5.38. The number of nitrogens with zero attached hydrogens (tertiary/aromatic N) is 2. The van der Waals surface area contributed by atoms with Crippen LogP contribution in [0.1, 0.15) is 16.8 Å². The number of nitrogens with one attached hydrogen (secondary N) is 2. The zero-order valence-corrected chi connectivity index (χ0v) is 17.7. The lowest BCUT2D eigenvalue weighted by molar-refractivity contribution is -0.121. The predicted octanol–water partition coefficient (Wildman–Crippen LogP) is 1.16. The van der Waals surface area contributed by atoms with Crippen molar-refractivity contribution in [2.45, 2.75) is 17.4 Å². The number of anilines is 1. The number of hydrogen-bond acceptors (Lipinski definition) is 6. The Bertz CT molecular complexity index is 1100. The first-order chi connectivity index (χ1) is 14.1. The second kappa shape index (κ2) is 8.52. The van der Waals surface area contributed by atoms with Crippen LogP contribution in [-0.4, -0.2) is 50.6 Å². The number of benzene rings is 2. The number of sulfonamides is 1. The number of amides is 3. The van der Waals surface area contributed by atoms with Gasteiger partial charge in [0.25, 0.3) is 11.8 Å². The SMILES string of the molecule is CN(C)S(=O)(=O)c1cccc(C(=O)NN[C@H]2CC(=O)N(c3ccc(Cl)cc3)C2=O)c1. The van der Waals surface area contributed by atoms with Gasteiger partial charge in [-0.1, -0.05) is 17.7 Å². The normalized spacial score (nSPS) is 16.9. The second-order valence-electron chi connectivity index (χ2n) is 6.71. The summed E-state index contributed by atoms with van der Waals surface area (Å²) in [6.07, 6.45) is -0.142. The molecule has 0 aromatic heterocycles. The third kappa shape index (κ3) is 4.36. The van der Waals surface area contributed by atoms with E-state index in [1.165, 1.54) is 38.4 Å². The monoisotopic (exact) mass is 450 g/mol. The zero-order valence-electron chi connectivity index (χ0n) is 16.1. The lowest BCUT2D eigenvalue weighted by Gasteiger charge is -2.16. The van der Waals surface area contributed by atoms with E-state index in [0.717, 1.165) is 9.21 Å². The largest absolute Gasteiger partial charge is 0.287 e. The van der Waals surface area contributed by atoms with Gasteiger partial charge in [0.2, 0.25) is 15.9 Å².